The van der Waals surface area contributed by atoms with Crippen LogP contribution in [0.5, 0.6) is 0 Å². The molecule has 160 valence electrons. The predicted octanol–water partition coefficient (Wildman–Crippen LogP) is 6.73. The molecule has 0 amide bonds. The first-order valence-corrected chi connectivity index (χ1v) is 16.7. The van der Waals surface area contributed by atoms with Crippen LogP contribution in [-0.2, 0) is 0 Å². The molecular weight excluding hydrogens is 429 g/mol. The summed E-state index contributed by atoms with van der Waals surface area (Å²) in [7, 11) is -0.0350. The van der Waals surface area contributed by atoms with Crippen LogP contribution in [0.25, 0.3) is 0 Å². The summed E-state index contributed by atoms with van der Waals surface area (Å²) in [6.07, 6.45) is 11.6. The molecule has 0 radical (unpaired) electrons. The summed E-state index contributed by atoms with van der Waals surface area (Å²) in [6.45, 7) is 0. The maximum absolute atomic E-state index is 2.44. The molecule has 0 bridgehead atoms. The van der Waals surface area contributed by atoms with Gasteiger partial charge >= 0.3 is 0 Å². The first kappa shape index (κ1) is 21.8. The van der Waals surface area contributed by atoms with Crippen LogP contribution >= 0.6 is 23.8 Å². The zero-order valence-electron chi connectivity index (χ0n) is 18.3. The minimum absolute atomic E-state index is 0.0222. The van der Waals surface area contributed by atoms with Crippen molar-refractivity contribution in [1.29, 1.82) is 0 Å². The predicted molar refractivity (Wildman–Crippen MR) is 144 cm³/mol. The Kier molecular flexibility index (Phi) is 7.52. The van der Waals surface area contributed by atoms with E-state index in [2.05, 4.69) is 91.0 Å². The summed E-state index contributed by atoms with van der Waals surface area (Å²) in [6, 6.07) is 34.6. The first-order chi connectivity index (χ1) is 15.4. The first-order valence-electron chi connectivity index (χ1n) is 11.8. The van der Waals surface area contributed by atoms with Gasteiger partial charge in [0.25, 0.3) is 0 Å². The van der Waals surface area contributed by atoms with Crippen molar-refractivity contribution in [3.8, 4) is 0 Å². The third-order valence-corrected chi connectivity index (χ3v) is 16.4. The summed E-state index contributed by atoms with van der Waals surface area (Å²) in [5, 5.41) is 4.95. The molecule has 0 aliphatic carbocycles. The van der Waals surface area contributed by atoms with E-state index in [1.165, 1.54) is 50.3 Å². The van der Waals surface area contributed by atoms with Crippen LogP contribution in [0.3, 0.4) is 0 Å². The van der Waals surface area contributed by atoms with Gasteiger partial charge in [-0.05, 0) is 77.6 Å². The van der Waals surface area contributed by atoms with Crippen molar-refractivity contribution in [2.24, 2.45) is 0 Å². The molecule has 3 heteroatoms. The van der Waals surface area contributed by atoms with Crippen LogP contribution in [0.15, 0.2) is 91.0 Å². The molecule has 0 saturated carbocycles. The Morgan fingerprint density at radius 3 is 1.45 bits per heavy atom. The molecule has 2 aliphatic rings. The van der Waals surface area contributed by atoms with Gasteiger partial charge in [-0.3, -0.25) is 0 Å². The molecule has 2 aliphatic heterocycles. The van der Waals surface area contributed by atoms with Gasteiger partial charge in [-0.2, -0.15) is 0 Å². The van der Waals surface area contributed by atoms with Crippen LogP contribution in [0.2, 0.25) is 0 Å². The van der Waals surface area contributed by atoms with Crippen molar-refractivity contribution < 1.29 is 0 Å². The van der Waals surface area contributed by atoms with Crippen molar-refractivity contribution in [2.75, 3.05) is 24.6 Å². The molecule has 3 aromatic rings. The Bertz CT molecular complexity index is 869. The van der Waals surface area contributed by atoms with Gasteiger partial charge in [-0.15, -0.1) is 0 Å². The number of hydrogen-bond donors (Lipinski definition) is 0. The topological polar surface area (TPSA) is 0 Å². The van der Waals surface area contributed by atoms with E-state index in [1.54, 1.807) is 15.9 Å². The van der Waals surface area contributed by atoms with Gasteiger partial charge in [0.2, 0.25) is 0 Å². The lowest BCUT2D eigenvalue weighted by Gasteiger charge is -2.30. The van der Waals surface area contributed by atoms with Gasteiger partial charge in [-0.1, -0.05) is 115 Å². The Hall–Kier alpha value is -1.05. The lowest BCUT2D eigenvalue weighted by molar-refractivity contribution is 0.827. The van der Waals surface area contributed by atoms with Gasteiger partial charge in [-0.25, -0.2) is 0 Å². The zero-order chi connectivity index (χ0) is 20.9. The van der Waals surface area contributed by atoms with E-state index in [4.69, 9.17) is 0 Å². The van der Waals surface area contributed by atoms with Gasteiger partial charge in [0.15, 0.2) is 0 Å². The lowest BCUT2D eigenvalue weighted by Crippen LogP contribution is -2.22. The molecular formula is C28H33P3. The van der Waals surface area contributed by atoms with Crippen LogP contribution in [0.1, 0.15) is 25.7 Å². The molecule has 0 nitrogen and oxygen atoms in total. The summed E-state index contributed by atoms with van der Waals surface area (Å²) >= 11 is 0. The summed E-state index contributed by atoms with van der Waals surface area (Å²) < 4.78 is 0. The van der Waals surface area contributed by atoms with E-state index < -0.39 is 0 Å². The maximum atomic E-state index is 2.44. The highest BCUT2D eigenvalue weighted by atomic mass is 31.1. The van der Waals surface area contributed by atoms with Crippen molar-refractivity contribution in [1.82, 2.24) is 0 Å². The Morgan fingerprint density at radius 2 is 1.00 bits per heavy atom. The third kappa shape index (κ3) is 5.31. The maximum Gasteiger partial charge on any atom is -0.0126 e. The largest absolute Gasteiger partial charge is 0.0740 e. The molecule has 2 fully saturated rings. The highest BCUT2D eigenvalue weighted by Gasteiger charge is 2.34. The molecule has 3 aromatic carbocycles. The zero-order valence-corrected chi connectivity index (χ0v) is 21.0. The Balaban J connectivity index is 1.36. The van der Waals surface area contributed by atoms with Gasteiger partial charge < -0.3 is 0 Å². The van der Waals surface area contributed by atoms with Crippen molar-refractivity contribution in [3.63, 3.8) is 0 Å². The second-order valence-electron chi connectivity index (χ2n) is 8.89. The summed E-state index contributed by atoms with van der Waals surface area (Å²) in [4.78, 5) is 0. The molecule has 31 heavy (non-hydrogen) atoms. The molecule has 0 N–H and O–H groups in total. The molecule has 4 atom stereocenters. The smallest absolute Gasteiger partial charge is 0.0126 e. The highest BCUT2D eigenvalue weighted by molar-refractivity contribution is 7.72. The van der Waals surface area contributed by atoms with Crippen LogP contribution in [0.4, 0.5) is 0 Å². The lowest BCUT2D eigenvalue weighted by atomic mass is 10.3. The number of benzene rings is 3. The number of rotatable bonds is 7. The summed E-state index contributed by atoms with van der Waals surface area (Å²) in [5.74, 6) is 0. The molecule has 4 unspecified atom stereocenters. The molecule has 0 spiro atoms. The van der Waals surface area contributed by atoms with E-state index >= 15 is 0 Å². The minimum atomic E-state index is -0.0794. The van der Waals surface area contributed by atoms with E-state index in [0.717, 1.165) is 11.3 Å². The van der Waals surface area contributed by atoms with Gasteiger partial charge in [0.05, 0.1) is 0 Å². The molecule has 5 rings (SSSR count). The van der Waals surface area contributed by atoms with Crippen molar-refractivity contribution >= 4 is 39.7 Å². The van der Waals surface area contributed by atoms with Gasteiger partial charge in [0.1, 0.15) is 0 Å². The fourth-order valence-electron chi connectivity index (χ4n) is 5.40. The Labute approximate surface area is 192 Å². The molecule has 0 aromatic heterocycles. The Morgan fingerprint density at radius 1 is 0.581 bits per heavy atom. The van der Waals surface area contributed by atoms with E-state index in [1.807, 2.05) is 0 Å². The normalized spacial score (nSPS) is 26.7. The van der Waals surface area contributed by atoms with Crippen molar-refractivity contribution in [2.45, 2.75) is 37.0 Å². The van der Waals surface area contributed by atoms with Gasteiger partial charge in [0, 0.05) is 0 Å². The van der Waals surface area contributed by atoms with E-state index in [-0.39, 0.29) is 23.8 Å². The monoisotopic (exact) mass is 462 g/mol. The molecule has 2 heterocycles. The standard InChI is InChI=1S/C28H33P3/c1-4-12-24(13-5-1)29(22-27-18-10-20-30(27)25-14-6-2-7-15-25)23-28-19-11-21-31(28)26-16-8-3-9-17-26/h1-9,12-17,27-28H,10-11,18-23H2. The van der Waals surface area contributed by atoms with E-state index in [0.29, 0.717) is 0 Å². The van der Waals surface area contributed by atoms with E-state index in [9.17, 15) is 0 Å². The number of hydrogen-bond acceptors (Lipinski definition) is 0. The van der Waals surface area contributed by atoms with Crippen LogP contribution < -0.4 is 15.9 Å². The quantitative estimate of drug-likeness (QED) is 0.342. The fraction of sp³-hybridized carbons (Fsp3) is 0.357. The second-order valence-corrected chi connectivity index (χ2v) is 16.5. The highest BCUT2D eigenvalue weighted by Crippen LogP contribution is 2.57. The van der Waals surface area contributed by atoms with Crippen LogP contribution in [-0.4, -0.2) is 36.0 Å². The second kappa shape index (κ2) is 10.7. The average Bonchev–Trinajstić information content (AvgIpc) is 3.50. The minimum Gasteiger partial charge on any atom is -0.0740 e. The van der Waals surface area contributed by atoms with Crippen molar-refractivity contribution in [3.05, 3.63) is 91.0 Å². The average molecular weight is 462 g/mol. The fourth-order valence-corrected chi connectivity index (χ4v) is 15.9. The third-order valence-electron chi connectivity index (χ3n) is 6.91. The van der Waals surface area contributed by atoms with Crippen LogP contribution in [0, 0.1) is 0 Å². The summed E-state index contributed by atoms with van der Waals surface area (Å²) in [5.41, 5.74) is 1.85. The SMILES string of the molecule is c1ccc(P(CC2CCCP2c2ccccc2)CC2CCCP2c2ccccc2)cc1. The molecule has 2 saturated heterocycles.